The van der Waals surface area contributed by atoms with Crippen LogP contribution < -0.4 is 0 Å². The van der Waals surface area contributed by atoms with Crippen LogP contribution in [0, 0.1) is 0 Å². The van der Waals surface area contributed by atoms with E-state index in [1.165, 1.54) is 24.8 Å². The normalized spacial score (nSPS) is 17.1. The Labute approximate surface area is 88.5 Å². The SMILES string of the molecule is CC(CBr)c1ccc2c(c1)CCC2. The summed E-state index contributed by atoms with van der Waals surface area (Å²) in [5.41, 5.74) is 4.65. The summed E-state index contributed by atoms with van der Waals surface area (Å²) in [6, 6.07) is 7.00. The smallest absolute Gasteiger partial charge is 0.00975 e. The highest BCUT2D eigenvalue weighted by atomic mass is 79.9. The molecule has 70 valence electrons. The van der Waals surface area contributed by atoms with Gasteiger partial charge in [0.25, 0.3) is 0 Å². The third-order valence-electron chi connectivity index (χ3n) is 2.92. The maximum Gasteiger partial charge on any atom is 0.00975 e. The molecule has 0 N–H and O–H groups in total. The molecule has 0 saturated carbocycles. The van der Waals surface area contributed by atoms with Gasteiger partial charge in [0.2, 0.25) is 0 Å². The minimum Gasteiger partial charge on any atom is -0.0922 e. The van der Waals surface area contributed by atoms with E-state index in [1.807, 2.05) is 0 Å². The van der Waals surface area contributed by atoms with Gasteiger partial charge < -0.3 is 0 Å². The van der Waals surface area contributed by atoms with Crippen LogP contribution in [-0.2, 0) is 12.8 Å². The summed E-state index contributed by atoms with van der Waals surface area (Å²) in [6.45, 7) is 2.27. The van der Waals surface area contributed by atoms with Gasteiger partial charge in [-0.05, 0) is 41.9 Å². The molecule has 0 nitrogen and oxygen atoms in total. The average Bonchev–Trinajstić information content (AvgIpc) is 2.63. The van der Waals surface area contributed by atoms with Gasteiger partial charge in [-0.15, -0.1) is 0 Å². The highest BCUT2D eigenvalue weighted by Crippen LogP contribution is 2.26. The highest BCUT2D eigenvalue weighted by molar-refractivity contribution is 9.09. The van der Waals surface area contributed by atoms with Crippen LogP contribution in [0.2, 0.25) is 0 Å². The molecule has 0 fully saturated rings. The molecule has 1 aliphatic carbocycles. The Morgan fingerprint density at radius 1 is 1.31 bits per heavy atom. The Balaban J connectivity index is 2.30. The van der Waals surface area contributed by atoms with Crippen molar-refractivity contribution in [3.8, 4) is 0 Å². The highest BCUT2D eigenvalue weighted by Gasteiger charge is 2.12. The summed E-state index contributed by atoms with van der Waals surface area (Å²) in [6.07, 6.45) is 3.93. The van der Waals surface area contributed by atoms with Crippen LogP contribution in [-0.4, -0.2) is 5.33 Å². The topological polar surface area (TPSA) is 0 Å². The van der Waals surface area contributed by atoms with Crippen molar-refractivity contribution < 1.29 is 0 Å². The van der Waals surface area contributed by atoms with Gasteiger partial charge in [0.15, 0.2) is 0 Å². The minimum atomic E-state index is 0.644. The Bertz CT molecular complexity index is 304. The molecule has 0 heterocycles. The molecule has 2 rings (SSSR count). The van der Waals surface area contributed by atoms with E-state index in [0.29, 0.717) is 5.92 Å². The van der Waals surface area contributed by atoms with Gasteiger partial charge in [-0.2, -0.15) is 0 Å². The first-order valence-electron chi connectivity index (χ1n) is 4.99. The van der Waals surface area contributed by atoms with Crippen LogP contribution in [0.4, 0.5) is 0 Å². The van der Waals surface area contributed by atoms with E-state index >= 15 is 0 Å². The van der Waals surface area contributed by atoms with Crippen LogP contribution in [0.3, 0.4) is 0 Å². The fourth-order valence-electron chi connectivity index (χ4n) is 1.99. The van der Waals surface area contributed by atoms with Gasteiger partial charge in [0, 0.05) is 5.33 Å². The summed E-state index contributed by atoms with van der Waals surface area (Å²) >= 11 is 3.53. The summed E-state index contributed by atoms with van der Waals surface area (Å²) in [7, 11) is 0. The number of aryl methyl sites for hydroxylation is 2. The van der Waals surface area contributed by atoms with E-state index in [4.69, 9.17) is 0 Å². The largest absolute Gasteiger partial charge is 0.0922 e. The van der Waals surface area contributed by atoms with E-state index in [9.17, 15) is 0 Å². The van der Waals surface area contributed by atoms with Crippen molar-refractivity contribution in [3.05, 3.63) is 34.9 Å². The predicted molar refractivity (Wildman–Crippen MR) is 60.7 cm³/mol. The molecule has 0 bridgehead atoms. The van der Waals surface area contributed by atoms with Crippen LogP contribution >= 0.6 is 15.9 Å². The standard InChI is InChI=1S/C12H15Br/c1-9(8-13)11-6-5-10-3-2-4-12(10)7-11/h5-7,9H,2-4,8H2,1H3. The number of hydrogen-bond acceptors (Lipinski definition) is 0. The first-order valence-corrected chi connectivity index (χ1v) is 6.11. The van der Waals surface area contributed by atoms with Crippen LogP contribution in [0.5, 0.6) is 0 Å². The van der Waals surface area contributed by atoms with E-state index in [1.54, 1.807) is 11.1 Å². The van der Waals surface area contributed by atoms with Crippen molar-refractivity contribution >= 4 is 15.9 Å². The molecule has 0 aromatic heterocycles. The molecular formula is C12H15Br. The fourth-order valence-corrected chi connectivity index (χ4v) is 2.36. The summed E-state index contributed by atoms with van der Waals surface area (Å²) in [5.74, 6) is 0.644. The van der Waals surface area contributed by atoms with E-state index in [-0.39, 0.29) is 0 Å². The zero-order chi connectivity index (χ0) is 9.26. The molecule has 0 spiro atoms. The van der Waals surface area contributed by atoms with Gasteiger partial charge >= 0.3 is 0 Å². The maximum absolute atomic E-state index is 3.53. The quantitative estimate of drug-likeness (QED) is 0.690. The van der Waals surface area contributed by atoms with Gasteiger partial charge in [0.1, 0.15) is 0 Å². The molecule has 0 radical (unpaired) electrons. The number of hydrogen-bond donors (Lipinski definition) is 0. The first-order chi connectivity index (χ1) is 6.31. The third kappa shape index (κ3) is 1.80. The Morgan fingerprint density at radius 3 is 2.85 bits per heavy atom. The molecule has 1 aromatic rings. The molecule has 0 amide bonds. The van der Waals surface area contributed by atoms with Crippen molar-refractivity contribution in [2.75, 3.05) is 5.33 Å². The zero-order valence-corrected chi connectivity index (χ0v) is 9.60. The van der Waals surface area contributed by atoms with E-state index in [0.717, 1.165) is 5.33 Å². The van der Waals surface area contributed by atoms with Gasteiger partial charge in [0.05, 0.1) is 0 Å². The van der Waals surface area contributed by atoms with Gasteiger partial charge in [-0.1, -0.05) is 41.1 Å². The molecular weight excluding hydrogens is 224 g/mol. The van der Waals surface area contributed by atoms with Gasteiger partial charge in [-0.25, -0.2) is 0 Å². The molecule has 13 heavy (non-hydrogen) atoms. The number of halogens is 1. The molecule has 1 heteroatoms. The fraction of sp³-hybridized carbons (Fsp3) is 0.500. The predicted octanol–water partition coefficient (Wildman–Crippen LogP) is 3.67. The average molecular weight is 239 g/mol. The summed E-state index contributed by atoms with van der Waals surface area (Å²) < 4.78 is 0. The molecule has 1 aliphatic rings. The number of fused-ring (bicyclic) bond motifs is 1. The second kappa shape index (κ2) is 3.83. The molecule has 0 saturated heterocycles. The lowest BCUT2D eigenvalue weighted by Gasteiger charge is -2.09. The maximum atomic E-state index is 3.53. The first kappa shape index (κ1) is 9.26. The second-order valence-electron chi connectivity index (χ2n) is 3.94. The molecule has 0 aliphatic heterocycles. The molecule has 1 unspecified atom stereocenters. The number of alkyl halides is 1. The van der Waals surface area contributed by atoms with E-state index in [2.05, 4.69) is 41.1 Å². The number of benzene rings is 1. The Hall–Kier alpha value is -0.300. The Kier molecular flexibility index (Phi) is 2.73. The summed E-state index contributed by atoms with van der Waals surface area (Å²) in [4.78, 5) is 0. The van der Waals surface area contributed by atoms with Gasteiger partial charge in [-0.3, -0.25) is 0 Å². The lowest BCUT2D eigenvalue weighted by atomic mass is 9.99. The van der Waals surface area contributed by atoms with Crippen molar-refractivity contribution in [2.24, 2.45) is 0 Å². The molecule has 1 atom stereocenters. The van der Waals surface area contributed by atoms with E-state index < -0.39 is 0 Å². The van der Waals surface area contributed by atoms with Crippen LogP contribution in [0.1, 0.15) is 36.0 Å². The van der Waals surface area contributed by atoms with Crippen molar-refractivity contribution in [3.63, 3.8) is 0 Å². The second-order valence-corrected chi connectivity index (χ2v) is 4.58. The van der Waals surface area contributed by atoms with Crippen molar-refractivity contribution in [1.29, 1.82) is 0 Å². The molecule has 1 aromatic carbocycles. The third-order valence-corrected chi connectivity index (χ3v) is 3.89. The van der Waals surface area contributed by atoms with Crippen LogP contribution in [0.25, 0.3) is 0 Å². The number of rotatable bonds is 2. The van der Waals surface area contributed by atoms with Crippen molar-refractivity contribution in [2.45, 2.75) is 32.1 Å². The monoisotopic (exact) mass is 238 g/mol. The van der Waals surface area contributed by atoms with Crippen molar-refractivity contribution in [1.82, 2.24) is 0 Å². The minimum absolute atomic E-state index is 0.644. The lowest BCUT2D eigenvalue weighted by Crippen LogP contribution is -1.95. The zero-order valence-electron chi connectivity index (χ0n) is 8.02. The summed E-state index contributed by atoms with van der Waals surface area (Å²) in [5, 5.41) is 1.06. The Morgan fingerprint density at radius 2 is 2.08 bits per heavy atom. The lowest BCUT2D eigenvalue weighted by molar-refractivity contribution is 0.882. The van der Waals surface area contributed by atoms with Crippen LogP contribution in [0.15, 0.2) is 18.2 Å².